The van der Waals surface area contributed by atoms with Gasteiger partial charge < -0.3 is 10.2 Å². The Labute approximate surface area is 155 Å². The molecule has 128 valence electrons. The van der Waals surface area contributed by atoms with E-state index in [-0.39, 0.29) is 12.1 Å². The highest BCUT2D eigenvalue weighted by Crippen LogP contribution is 2.25. The van der Waals surface area contributed by atoms with Gasteiger partial charge in [0.25, 0.3) is 0 Å². The zero-order chi connectivity index (χ0) is 17.8. The molecule has 0 bridgehead atoms. The van der Waals surface area contributed by atoms with Gasteiger partial charge in [-0.3, -0.25) is 0 Å². The Kier molecular flexibility index (Phi) is 5.34. The van der Waals surface area contributed by atoms with Gasteiger partial charge in [0.05, 0.1) is 12.1 Å². The van der Waals surface area contributed by atoms with E-state index < -0.39 is 0 Å². The summed E-state index contributed by atoms with van der Waals surface area (Å²) in [5.74, 6) is 0. The molecule has 0 aliphatic carbocycles. The quantitative estimate of drug-likeness (QED) is 0.630. The summed E-state index contributed by atoms with van der Waals surface area (Å²) in [6.45, 7) is 4.33. The maximum atomic E-state index is 5.67. The van der Waals surface area contributed by atoms with Gasteiger partial charge in [-0.05, 0) is 48.0 Å². The van der Waals surface area contributed by atoms with Crippen LogP contribution in [0.25, 0.3) is 10.8 Å². The lowest BCUT2D eigenvalue weighted by Gasteiger charge is -2.30. The Hall–Kier alpha value is -2.39. The second kappa shape index (κ2) is 7.66. The fourth-order valence-corrected chi connectivity index (χ4v) is 3.46. The minimum absolute atomic E-state index is 0.143. The molecule has 0 unspecified atom stereocenters. The maximum absolute atomic E-state index is 5.67. The van der Waals surface area contributed by atoms with Gasteiger partial charge in [-0.2, -0.15) is 0 Å². The first-order valence-corrected chi connectivity index (χ1v) is 9.04. The van der Waals surface area contributed by atoms with Crippen molar-refractivity contribution < 1.29 is 0 Å². The molecule has 0 aliphatic rings. The highest BCUT2D eigenvalue weighted by atomic mass is 32.1. The molecule has 3 rings (SSSR count). The van der Waals surface area contributed by atoms with Crippen molar-refractivity contribution in [1.29, 1.82) is 0 Å². The molecular weight excluding hydrogens is 324 g/mol. The van der Waals surface area contributed by atoms with Gasteiger partial charge in [0.1, 0.15) is 0 Å². The number of hydrogen-bond donors (Lipinski definition) is 1. The number of benzene rings is 3. The average molecular weight is 349 g/mol. The summed E-state index contributed by atoms with van der Waals surface area (Å²) in [6, 6.07) is 25.7. The number of thiocarbonyl (C=S) groups is 1. The molecule has 3 heteroatoms. The first-order chi connectivity index (χ1) is 12.1. The van der Waals surface area contributed by atoms with E-state index in [0.29, 0.717) is 0 Å². The monoisotopic (exact) mass is 348 g/mol. The zero-order valence-electron chi connectivity index (χ0n) is 14.9. The highest BCUT2D eigenvalue weighted by Gasteiger charge is 2.17. The van der Waals surface area contributed by atoms with Gasteiger partial charge in [-0.15, -0.1) is 0 Å². The van der Waals surface area contributed by atoms with Crippen LogP contribution in [0.1, 0.15) is 37.1 Å². The SMILES string of the molecule is C[C@H](c1ccccc1)N(C)C(=S)N[C@H](C)c1cccc2ccccc12. The topological polar surface area (TPSA) is 15.3 Å². The van der Waals surface area contributed by atoms with Crippen molar-refractivity contribution in [3.63, 3.8) is 0 Å². The molecule has 3 aromatic rings. The molecule has 0 spiro atoms. The fourth-order valence-electron chi connectivity index (χ4n) is 3.12. The Balaban J connectivity index is 1.75. The fraction of sp³-hybridized carbons (Fsp3) is 0.227. The number of fused-ring (bicyclic) bond motifs is 1. The highest BCUT2D eigenvalue weighted by molar-refractivity contribution is 7.80. The van der Waals surface area contributed by atoms with E-state index in [2.05, 4.69) is 90.8 Å². The van der Waals surface area contributed by atoms with E-state index in [9.17, 15) is 0 Å². The van der Waals surface area contributed by atoms with Crippen LogP contribution in [0.3, 0.4) is 0 Å². The molecule has 1 N–H and O–H groups in total. The molecule has 0 saturated heterocycles. The molecule has 25 heavy (non-hydrogen) atoms. The van der Waals surface area contributed by atoms with Gasteiger partial charge in [-0.1, -0.05) is 72.8 Å². The lowest BCUT2D eigenvalue weighted by molar-refractivity contribution is 0.391. The van der Waals surface area contributed by atoms with Crippen LogP contribution in [0.4, 0.5) is 0 Å². The van der Waals surface area contributed by atoms with Crippen LogP contribution in [0.2, 0.25) is 0 Å². The van der Waals surface area contributed by atoms with Crippen molar-refractivity contribution in [3.8, 4) is 0 Å². The van der Waals surface area contributed by atoms with Crippen LogP contribution in [-0.2, 0) is 0 Å². The Morgan fingerprint density at radius 1 is 0.880 bits per heavy atom. The second-order valence-electron chi connectivity index (χ2n) is 6.44. The summed E-state index contributed by atoms with van der Waals surface area (Å²) in [7, 11) is 2.04. The van der Waals surface area contributed by atoms with E-state index in [4.69, 9.17) is 12.2 Å². The summed E-state index contributed by atoms with van der Waals surface area (Å²) in [4.78, 5) is 2.12. The van der Waals surface area contributed by atoms with Crippen molar-refractivity contribution in [2.24, 2.45) is 0 Å². The van der Waals surface area contributed by atoms with E-state index in [1.807, 2.05) is 13.1 Å². The van der Waals surface area contributed by atoms with E-state index in [1.165, 1.54) is 21.9 Å². The third kappa shape index (κ3) is 3.83. The maximum Gasteiger partial charge on any atom is 0.169 e. The third-order valence-corrected chi connectivity index (χ3v) is 5.22. The Morgan fingerprint density at radius 3 is 2.28 bits per heavy atom. The van der Waals surface area contributed by atoms with Crippen LogP contribution < -0.4 is 5.32 Å². The minimum Gasteiger partial charge on any atom is -0.356 e. The van der Waals surface area contributed by atoms with Crippen LogP contribution in [0.5, 0.6) is 0 Å². The van der Waals surface area contributed by atoms with Gasteiger partial charge in [-0.25, -0.2) is 0 Å². The summed E-state index contributed by atoms with van der Waals surface area (Å²) >= 11 is 5.67. The minimum atomic E-state index is 0.143. The molecule has 0 saturated carbocycles. The zero-order valence-corrected chi connectivity index (χ0v) is 15.8. The van der Waals surface area contributed by atoms with Crippen molar-refractivity contribution in [2.45, 2.75) is 25.9 Å². The summed E-state index contributed by atoms with van der Waals surface area (Å²) in [6.07, 6.45) is 0. The standard InChI is InChI=1S/C22H24N2S/c1-16(20-15-9-13-19-12-7-8-14-21(19)20)23-22(25)24(3)17(2)18-10-5-4-6-11-18/h4-17H,1-3H3,(H,23,25)/t16-,17-/m1/s1. The number of rotatable bonds is 4. The first-order valence-electron chi connectivity index (χ1n) is 8.64. The lowest BCUT2D eigenvalue weighted by atomic mass is 10.00. The predicted molar refractivity (Wildman–Crippen MR) is 111 cm³/mol. The van der Waals surface area contributed by atoms with Crippen LogP contribution >= 0.6 is 12.2 Å². The average Bonchev–Trinajstić information content (AvgIpc) is 2.66. The van der Waals surface area contributed by atoms with Crippen LogP contribution in [0, 0.1) is 0 Å². The van der Waals surface area contributed by atoms with Crippen LogP contribution in [-0.4, -0.2) is 17.1 Å². The van der Waals surface area contributed by atoms with Gasteiger partial charge >= 0.3 is 0 Å². The molecule has 2 atom stereocenters. The van der Waals surface area contributed by atoms with E-state index in [1.54, 1.807) is 0 Å². The lowest BCUT2D eigenvalue weighted by Crippen LogP contribution is -2.39. The van der Waals surface area contributed by atoms with Crippen molar-refractivity contribution in [1.82, 2.24) is 10.2 Å². The molecular formula is C22H24N2S. The summed E-state index contributed by atoms with van der Waals surface area (Å²) < 4.78 is 0. The molecule has 3 aromatic carbocycles. The molecule has 0 heterocycles. The van der Waals surface area contributed by atoms with Gasteiger partial charge in [0.15, 0.2) is 5.11 Å². The molecule has 0 aliphatic heterocycles. The third-order valence-electron chi connectivity index (χ3n) is 4.81. The van der Waals surface area contributed by atoms with Crippen LogP contribution in [0.15, 0.2) is 72.8 Å². The largest absolute Gasteiger partial charge is 0.356 e. The number of nitrogens with one attached hydrogen (secondary N) is 1. The normalized spacial score (nSPS) is 13.2. The van der Waals surface area contributed by atoms with Gasteiger partial charge in [0, 0.05) is 7.05 Å². The first kappa shape index (κ1) is 17.4. The Bertz CT molecular complexity index is 855. The Morgan fingerprint density at radius 2 is 1.52 bits per heavy atom. The molecule has 2 nitrogen and oxygen atoms in total. The molecule has 0 radical (unpaired) electrons. The van der Waals surface area contributed by atoms with E-state index >= 15 is 0 Å². The van der Waals surface area contributed by atoms with Crippen molar-refractivity contribution >= 4 is 28.1 Å². The molecule has 0 amide bonds. The van der Waals surface area contributed by atoms with Gasteiger partial charge in [0.2, 0.25) is 0 Å². The van der Waals surface area contributed by atoms with Crippen molar-refractivity contribution in [2.75, 3.05) is 7.05 Å². The van der Waals surface area contributed by atoms with E-state index in [0.717, 1.165) is 5.11 Å². The molecule has 0 fully saturated rings. The number of hydrogen-bond acceptors (Lipinski definition) is 1. The smallest absolute Gasteiger partial charge is 0.169 e. The second-order valence-corrected chi connectivity index (χ2v) is 6.82. The summed E-state index contributed by atoms with van der Waals surface area (Å²) in [5.41, 5.74) is 2.52. The predicted octanol–water partition coefficient (Wildman–Crippen LogP) is 5.47. The van der Waals surface area contributed by atoms with Crippen molar-refractivity contribution in [3.05, 3.63) is 83.9 Å². The summed E-state index contributed by atoms with van der Waals surface area (Å²) in [5, 5.41) is 6.78. The number of nitrogens with zero attached hydrogens (tertiary/aromatic N) is 1. The molecule has 0 aromatic heterocycles.